The van der Waals surface area contributed by atoms with Crippen LogP contribution in [0.5, 0.6) is 0 Å². The van der Waals surface area contributed by atoms with Gasteiger partial charge >= 0.3 is 0 Å². The van der Waals surface area contributed by atoms with E-state index in [1.54, 1.807) is 12.1 Å². The Morgan fingerprint density at radius 2 is 1.94 bits per heavy atom. The predicted octanol–water partition coefficient (Wildman–Crippen LogP) is 1.40. The first kappa shape index (κ1) is 12.9. The fraction of sp³-hybridized carbons (Fsp3) is 0.500. The van der Waals surface area contributed by atoms with Gasteiger partial charge in [0.05, 0.1) is 18.1 Å². The molecule has 0 atom stereocenters. The van der Waals surface area contributed by atoms with Gasteiger partial charge in [0.25, 0.3) is 5.69 Å². The zero-order valence-electron chi connectivity index (χ0n) is 10.2. The van der Waals surface area contributed by atoms with Crippen molar-refractivity contribution in [2.75, 3.05) is 26.8 Å². The first-order chi connectivity index (χ1) is 8.65. The van der Waals surface area contributed by atoms with Gasteiger partial charge in [-0.25, -0.2) is 0 Å². The number of hydrogen-bond donors (Lipinski definition) is 0. The standard InChI is InChI=1S/C12H16N2O4/c1-13(9-12-17-6-7-18-12)8-10-2-4-11(5-3-10)14(15)16/h2-5,12H,6-9H2,1H3. The first-order valence-corrected chi connectivity index (χ1v) is 5.80. The fourth-order valence-electron chi connectivity index (χ4n) is 1.87. The van der Waals surface area contributed by atoms with E-state index in [0.717, 1.165) is 5.56 Å². The van der Waals surface area contributed by atoms with Gasteiger partial charge in [0.15, 0.2) is 6.29 Å². The highest BCUT2D eigenvalue weighted by Gasteiger charge is 2.17. The number of ether oxygens (including phenoxy) is 2. The van der Waals surface area contributed by atoms with Crippen LogP contribution in [0.4, 0.5) is 5.69 Å². The second kappa shape index (κ2) is 5.90. The van der Waals surface area contributed by atoms with Crippen molar-refractivity contribution in [3.05, 3.63) is 39.9 Å². The zero-order valence-corrected chi connectivity index (χ0v) is 10.2. The van der Waals surface area contributed by atoms with Crippen LogP contribution in [0.1, 0.15) is 5.56 Å². The van der Waals surface area contributed by atoms with E-state index in [-0.39, 0.29) is 12.0 Å². The molecule has 6 nitrogen and oxygen atoms in total. The number of likely N-dealkylation sites (N-methyl/N-ethyl adjacent to an activating group) is 1. The molecule has 18 heavy (non-hydrogen) atoms. The predicted molar refractivity (Wildman–Crippen MR) is 65.1 cm³/mol. The van der Waals surface area contributed by atoms with Crippen molar-refractivity contribution < 1.29 is 14.4 Å². The van der Waals surface area contributed by atoms with E-state index in [4.69, 9.17) is 9.47 Å². The van der Waals surface area contributed by atoms with Gasteiger partial charge in [-0.1, -0.05) is 12.1 Å². The average Bonchev–Trinajstić information content (AvgIpc) is 2.82. The molecule has 1 saturated heterocycles. The summed E-state index contributed by atoms with van der Waals surface area (Å²) in [7, 11) is 1.96. The van der Waals surface area contributed by atoms with Crippen molar-refractivity contribution in [2.45, 2.75) is 12.8 Å². The van der Waals surface area contributed by atoms with Crippen molar-refractivity contribution in [1.82, 2.24) is 4.90 Å². The summed E-state index contributed by atoms with van der Waals surface area (Å²) in [6.45, 7) is 2.70. The van der Waals surface area contributed by atoms with Crippen molar-refractivity contribution in [3.63, 3.8) is 0 Å². The zero-order chi connectivity index (χ0) is 13.0. The molecule has 6 heteroatoms. The molecule has 0 amide bonds. The normalized spacial score (nSPS) is 16.3. The van der Waals surface area contributed by atoms with Crippen molar-refractivity contribution >= 4 is 5.69 Å². The van der Waals surface area contributed by atoms with E-state index >= 15 is 0 Å². The van der Waals surface area contributed by atoms with E-state index in [1.165, 1.54) is 12.1 Å². The minimum Gasteiger partial charge on any atom is -0.349 e. The lowest BCUT2D eigenvalue weighted by Gasteiger charge is -2.19. The maximum atomic E-state index is 10.5. The molecule has 1 aliphatic heterocycles. The Morgan fingerprint density at radius 3 is 2.50 bits per heavy atom. The van der Waals surface area contributed by atoms with E-state index < -0.39 is 4.92 Å². The average molecular weight is 252 g/mol. The van der Waals surface area contributed by atoms with Gasteiger partial charge in [0, 0.05) is 25.2 Å². The molecule has 2 rings (SSSR count). The maximum absolute atomic E-state index is 10.5. The summed E-state index contributed by atoms with van der Waals surface area (Å²) in [6.07, 6.45) is -0.159. The number of benzene rings is 1. The third-order valence-electron chi connectivity index (χ3n) is 2.75. The highest BCUT2D eigenvalue weighted by Crippen LogP contribution is 2.14. The van der Waals surface area contributed by atoms with Gasteiger partial charge in [-0.3, -0.25) is 15.0 Å². The number of nitro groups is 1. The number of nitrogens with zero attached hydrogens (tertiary/aromatic N) is 2. The van der Waals surface area contributed by atoms with Crippen LogP contribution in [0.25, 0.3) is 0 Å². The van der Waals surface area contributed by atoms with Crippen LogP contribution in [0.2, 0.25) is 0 Å². The Morgan fingerprint density at radius 1 is 1.33 bits per heavy atom. The minimum atomic E-state index is -0.395. The summed E-state index contributed by atoms with van der Waals surface area (Å²) in [5.74, 6) is 0. The Labute approximate surface area is 105 Å². The molecule has 0 radical (unpaired) electrons. The molecule has 0 aliphatic carbocycles. The summed E-state index contributed by atoms with van der Waals surface area (Å²) in [5, 5.41) is 10.5. The highest BCUT2D eigenvalue weighted by molar-refractivity contribution is 5.32. The Bertz CT molecular complexity index is 401. The SMILES string of the molecule is CN(Cc1ccc([N+](=O)[O-])cc1)CC1OCCO1. The fourth-order valence-corrected chi connectivity index (χ4v) is 1.87. The van der Waals surface area contributed by atoms with Crippen LogP contribution in [0.3, 0.4) is 0 Å². The summed E-state index contributed by atoms with van der Waals surface area (Å²) in [6, 6.07) is 6.58. The molecule has 1 aliphatic rings. The van der Waals surface area contributed by atoms with E-state index in [0.29, 0.717) is 26.3 Å². The van der Waals surface area contributed by atoms with Crippen molar-refractivity contribution in [3.8, 4) is 0 Å². The molecular weight excluding hydrogens is 236 g/mol. The number of nitro benzene ring substituents is 1. The summed E-state index contributed by atoms with van der Waals surface area (Å²) in [5.41, 5.74) is 1.14. The summed E-state index contributed by atoms with van der Waals surface area (Å²) < 4.78 is 10.7. The van der Waals surface area contributed by atoms with Gasteiger partial charge < -0.3 is 9.47 Å². The van der Waals surface area contributed by atoms with Crippen LogP contribution in [-0.2, 0) is 16.0 Å². The van der Waals surface area contributed by atoms with Crippen LogP contribution in [0.15, 0.2) is 24.3 Å². The largest absolute Gasteiger partial charge is 0.349 e. The van der Waals surface area contributed by atoms with Crippen LogP contribution in [-0.4, -0.2) is 42.9 Å². The smallest absolute Gasteiger partial charge is 0.269 e. The lowest BCUT2D eigenvalue weighted by Crippen LogP contribution is -2.29. The molecule has 1 fully saturated rings. The van der Waals surface area contributed by atoms with E-state index in [9.17, 15) is 10.1 Å². The van der Waals surface area contributed by atoms with Gasteiger partial charge in [-0.2, -0.15) is 0 Å². The Kier molecular flexibility index (Phi) is 4.24. The Hall–Kier alpha value is -1.50. The summed E-state index contributed by atoms with van der Waals surface area (Å²) >= 11 is 0. The number of non-ortho nitro benzene ring substituents is 1. The van der Waals surface area contributed by atoms with Gasteiger partial charge in [-0.05, 0) is 12.6 Å². The molecule has 1 heterocycles. The minimum absolute atomic E-state index is 0.115. The molecule has 98 valence electrons. The molecule has 0 N–H and O–H groups in total. The third kappa shape index (κ3) is 3.49. The summed E-state index contributed by atoms with van der Waals surface area (Å²) in [4.78, 5) is 12.2. The Balaban J connectivity index is 1.86. The molecule has 1 aromatic rings. The second-order valence-electron chi connectivity index (χ2n) is 4.29. The molecule has 1 aromatic carbocycles. The molecular formula is C12H16N2O4. The van der Waals surface area contributed by atoms with Crippen LogP contribution >= 0.6 is 0 Å². The van der Waals surface area contributed by atoms with E-state index in [2.05, 4.69) is 4.90 Å². The van der Waals surface area contributed by atoms with Crippen molar-refractivity contribution in [2.24, 2.45) is 0 Å². The molecule has 0 saturated carbocycles. The second-order valence-corrected chi connectivity index (χ2v) is 4.29. The first-order valence-electron chi connectivity index (χ1n) is 5.80. The monoisotopic (exact) mass is 252 g/mol. The molecule has 0 bridgehead atoms. The quantitative estimate of drug-likeness (QED) is 0.585. The van der Waals surface area contributed by atoms with Crippen LogP contribution < -0.4 is 0 Å². The van der Waals surface area contributed by atoms with E-state index in [1.807, 2.05) is 7.05 Å². The lowest BCUT2D eigenvalue weighted by molar-refractivity contribution is -0.384. The third-order valence-corrected chi connectivity index (χ3v) is 2.75. The van der Waals surface area contributed by atoms with Gasteiger partial charge in [0.2, 0.25) is 0 Å². The highest BCUT2D eigenvalue weighted by atomic mass is 16.7. The van der Waals surface area contributed by atoms with Crippen LogP contribution in [0, 0.1) is 10.1 Å². The lowest BCUT2D eigenvalue weighted by atomic mass is 10.2. The molecule has 0 spiro atoms. The molecule has 0 aromatic heterocycles. The molecule has 0 unspecified atom stereocenters. The van der Waals surface area contributed by atoms with Gasteiger partial charge in [-0.15, -0.1) is 0 Å². The number of hydrogen-bond acceptors (Lipinski definition) is 5. The van der Waals surface area contributed by atoms with Gasteiger partial charge in [0.1, 0.15) is 0 Å². The van der Waals surface area contributed by atoms with Crippen molar-refractivity contribution in [1.29, 1.82) is 0 Å². The maximum Gasteiger partial charge on any atom is 0.269 e. The number of rotatable bonds is 5. The topological polar surface area (TPSA) is 64.8 Å².